The summed E-state index contributed by atoms with van der Waals surface area (Å²) in [7, 11) is 0. The van der Waals surface area contributed by atoms with E-state index in [1.807, 2.05) is 0 Å². The standard InChI is InChI=1S/C7H15N3O3/c8-6(12)4-9-5-7(13)10-2-1-3-11/h9,11H,1-5H2,(H2,8,12)(H,10,13). The summed E-state index contributed by atoms with van der Waals surface area (Å²) in [6, 6.07) is 0. The predicted octanol–water partition coefficient (Wildman–Crippen LogP) is -2.44. The van der Waals surface area contributed by atoms with Crippen molar-refractivity contribution in [1.82, 2.24) is 10.6 Å². The zero-order chi connectivity index (χ0) is 10.1. The van der Waals surface area contributed by atoms with E-state index in [0.717, 1.165) is 0 Å². The zero-order valence-electron chi connectivity index (χ0n) is 7.38. The number of nitrogens with two attached hydrogens (primary N) is 1. The third kappa shape index (κ3) is 8.77. The molecule has 0 aliphatic rings. The first-order chi connectivity index (χ1) is 6.16. The lowest BCUT2D eigenvalue weighted by molar-refractivity contribution is -0.120. The number of aliphatic hydroxyl groups excluding tert-OH is 1. The molecule has 0 aromatic heterocycles. The van der Waals surface area contributed by atoms with Crippen molar-refractivity contribution in [2.45, 2.75) is 6.42 Å². The van der Waals surface area contributed by atoms with E-state index >= 15 is 0 Å². The summed E-state index contributed by atoms with van der Waals surface area (Å²) in [6.07, 6.45) is 0.529. The molecular formula is C7H15N3O3. The number of hydrogen-bond acceptors (Lipinski definition) is 4. The monoisotopic (exact) mass is 189 g/mol. The summed E-state index contributed by atoms with van der Waals surface area (Å²) in [4.78, 5) is 21.1. The molecule has 76 valence electrons. The molecule has 2 amide bonds. The quantitative estimate of drug-likeness (QED) is 0.334. The lowest BCUT2D eigenvalue weighted by atomic mass is 10.4. The third-order valence-corrected chi connectivity index (χ3v) is 1.24. The SMILES string of the molecule is NC(=O)CNCC(=O)NCCCO. The minimum Gasteiger partial charge on any atom is -0.396 e. The van der Waals surface area contributed by atoms with Gasteiger partial charge in [0.05, 0.1) is 13.1 Å². The van der Waals surface area contributed by atoms with E-state index in [9.17, 15) is 9.59 Å². The van der Waals surface area contributed by atoms with Crippen LogP contribution in [0.4, 0.5) is 0 Å². The van der Waals surface area contributed by atoms with Crippen LogP contribution >= 0.6 is 0 Å². The minimum absolute atomic E-state index is 0.00653. The lowest BCUT2D eigenvalue weighted by Crippen LogP contribution is -2.38. The van der Waals surface area contributed by atoms with Gasteiger partial charge in [0.2, 0.25) is 11.8 Å². The Hall–Kier alpha value is -1.14. The van der Waals surface area contributed by atoms with Crippen LogP contribution in [0.25, 0.3) is 0 Å². The lowest BCUT2D eigenvalue weighted by Gasteiger charge is -2.03. The number of rotatable bonds is 7. The fourth-order valence-electron chi connectivity index (χ4n) is 0.669. The van der Waals surface area contributed by atoms with Gasteiger partial charge >= 0.3 is 0 Å². The van der Waals surface area contributed by atoms with E-state index in [0.29, 0.717) is 13.0 Å². The van der Waals surface area contributed by atoms with E-state index in [2.05, 4.69) is 10.6 Å². The van der Waals surface area contributed by atoms with E-state index in [4.69, 9.17) is 10.8 Å². The van der Waals surface area contributed by atoms with Crippen molar-refractivity contribution in [3.05, 3.63) is 0 Å². The number of primary amides is 1. The highest BCUT2D eigenvalue weighted by atomic mass is 16.3. The second-order valence-electron chi connectivity index (χ2n) is 2.50. The van der Waals surface area contributed by atoms with Gasteiger partial charge in [0.15, 0.2) is 0 Å². The molecule has 0 saturated heterocycles. The third-order valence-electron chi connectivity index (χ3n) is 1.24. The summed E-state index contributed by atoms with van der Waals surface area (Å²) >= 11 is 0. The van der Waals surface area contributed by atoms with Crippen LogP contribution in [-0.2, 0) is 9.59 Å². The molecule has 5 N–H and O–H groups in total. The van der Waals surface area contributed by atoms with Gasteiger partial charge < -0.3 is 16.2 Å². The molecule has 0 rings (SSSR count). The van der Waals surface area contributed by atoms with Gasteiger partial charge in [0.25, 0.3) is 0 Å². The van der Waals surface area contributed by atoms with Gasteiger partial charge in [0, 0.05) is 13.2 Å². The molecule has 6 nitrogen and oxygen atoms in total. The van der Waals surface area contributed by atoms with Gasteiger partial charge in [-0.25, -0.2) is 0 Å². The second kappa shape index (κ2) is 7.51. The average Bonchev–Trinajstić information content (AvgIpc) is 2.04. The van der Waals surface area contributed by atoms with Gasteiger partial charge in [-0.2, -0.15) is 0 Å². The van der Waals surface area contributed by atoms with Crippen LogP contribution < -0.4 is 16.4 Å². The van der Waals surface area contributed by atoms with E-state index in [1.54, 1.807) is 0 Å². The van der Waals surface area contributed by atoms with Crippen molar-refractivity contribution in [3.63, 3.8) is 0 Å². The Kier molecular flexibility index (Phi) is 6.85. The van der Waals surface area contributed by atoms with Crippen LogP contribution in [0.15, 0.2) is 0 Å². The Morgan fingerprint density at radius 1 is 1.31 bits per heavy atom. The van der Waals surface area contributed by atoms with Crippen molar-refractivity contribution in [3.8, 4) is 0 Å². The van der Waals surface area contributed by atoms with Crippen LogP contribution in [0, 0.1) is 0 Å². The van der Waals surface area contributed by atoms with Crippen LogP contribution in [0.3, 0.4) is 0 Å². The van der Waals surface area contributed by atoms with Gasteiger partial charge in [-0.15, -0.1) is 0 Å². The first-order valence-electron chi connectivity index (χ1n) is 4.03. The smallest absolute Gasteiger partial charge is 0.233 e. The molecule has 0 unspecified atom stereocenters. The van der Waals surface area contributed by atoms with Crippen LogP contribution in [0.5, 0.6) is 0 Å². The van der Waals surface area contributed by atoms with Gasteiger partial charge in [-0.05, 0) is 6.42 Å². The maximum absolute atomic E-state index is 10.9. The molecule has 13 heavy (non-hydrogen) atoms. The molecule has 0 aliphatic carbocycles. The highest BCUT2D eigenvalue weighted by molar-refractivity contribution is 5.80. The van der Waals surface area contributed by atoms with Crippen molar-refractivity contribution >= 4 is 11.8 Å². The summed E-state index contributed by atoms with van der Waals surface area (Å²) < 4.78 is 0. The summed E-state index contributed by atoms with van der Waals surface area (Å²) in [5, 5.41) is 13.5. The molecule has 0 atom stereocenters. The Balaban J connectivity index is 3.25. The van der Waals surface area contributed by atoms with Crippen molar-refractivity contribution in [2.24, 2.45) is 5.73 Å². The molecular weight excluding hydrogens is 174 g/mol. The Morgan fingerprint density at radius 3 is 2.54 bits per heavy atom. The highest BCUT2D eigenvalue weighted by Crippen LogP contribution is 1.72. The Bertz CT molecular complexity index is 172. The van der Waals surface area contributed by atoms with Gasteiger partial charge in [-0.3, -0.25) is 14.9 Å². The first-order valence-corrected chi connectivity index (χ1v) is 4.03. The molecule has 0 aromatic rings. The molecule has 0 saturated carbocycles. The predicted molar refractivity (Wildman–Crippen MR) is 46.8 cm³/mol. The number of carbonyl (C=O) groups is 2. The summed E-state index contributed by atoms with van der Waals surface area (Å²) in [5.41, 5.74) is 4.83. The van der Waals surface area contributed by atoms with E-state index < -0.39 is 5.91 Å². The van der Waals surface area contributed by atoms with Gasteiger partial charge in [-0.1, -0.05) is 0 Å². The van der Waals surface area contributed by atoms with Gasteiger partial charge in [0.1, 0.15) is 0 Å². The number of hydrogen-bond donors (Lipinski definition) is 4. The Labute approximate surface area is 76.5 Å². The Morgan fingerprint density at radius 2 is 2.00 bits per heavy atom. The van der Waals surface area contributed by atoms with E-state index in [1.165, 1.54) is 0 Å². The topological polar surface area (TPSA) is 104 Å². The average molecular weight is 189 g/mol. The number of carbonyl (C=O) groups excluding carboxylic acids is 2. The first kappa shape index (κ1) is 11.9. The van der Waals surface area contributed by atoms with Crippen LogP contribution in [-0.4, -0.2) is 43.2 Å². The maximum atomic E-state index is 10.9. The van der Waals surface area contributed by atoms with Crippen LogP contribution in [0.2, 0.25) is 0 Å². The fourth-order valence-corrected chi connectivity index (χ4v) is 0.669. The largest absolute Gasteiger partial charge is 0.396 e. The second-order valence-corrected chi connectivity index (χ2v) is 2.50. The fraction of sp³-hybridized carbons (Fsp3) is 0.714. The molecule has 6 heteroatoms. The molecule has 0 heterocycles. The number of aliphatic hydroxyl groups is 1. The summed E-state index contributed by atoms with van der Waals surface area (Å²) in [6.45, 7) is 0.546. The van der Waals surface area contributed by atoms with Crippen molar-refractivity contribution in [2.75, 3.05) is 26.2 Å². The van der Waals surface area contributed by atoms with Crippen molar-refractivity contribution in [1.29, 1.82) is 0 Å². The molecule has 0 bridgehead atoms. The van der Waals surface area contributed by atoms with E-state index in [-0.39, 0.29) is 25.6 Å². The maximum Gasteiger partial charge on any atom is 0.233 e. The normalized spacial score (nSPS) is 9.62. The highest BCUT2D eigenvalue weighted by Gasteiger charge is 1.99. The molecule has 0 spiro atoms. The van der Waals surface area contributed by atoms with Crippen LogP contribution in [0.1, 0.15) is 6.42 Å². The molecule has 0 fully saturated rings. The number of nitrogens with one attached hydrogen (secondary N) is 2. The minimum atomic E-state index is -0.497. The molecule has 0 aliphatic heterocycles. The zero-order valence-corrected chi connectivity index (χ0v) is 7.38. The van der Waals surface area contributed by atoms with Crippen molar-refractivity contribution < 1.29 is 14.7 Å². The molecule has 0 aromatic carbocycles. The summed E-state index contributed by atoms with van der Waals surface area (Å²) in [5.74, 6) is -0.710. The molecule has 0 radical (unpaired) electrons. The number of amides is 2.